The van der Waals surface area contributed by atoms with E-state index in [1.165, 1.54) is 0 Å². The lowest BCUT2D eigenvalue weighted by Gasteiger charge is -2.11. The van der Waals surface area contributed by atoms with Gasteiger partial charge in [0.2, 0.25) is 0 Å². The number of nitrogens with one attached hydrogen (secondary N) is 1. The predicted octanol–water partition coefficient (Wildman–Crippen LogP) is 5.72. The number of halogens is 4. The standard InChI is InChI=1S/C13H10BrCl3N2/c1-7-4-11(16)19-13(17)12(7)18-6-8-2-3-10(15)9(14)5-8/h2-5,18H,6H2,1H3. The van der Waals surface area contributed by atoms with Crippen molar-refractivity contribution in [3.05, 3.63) is 55.2 Å². The van der Waals surface area contributed by atoms with Gasteiger partial charge in [-0.1, -0.05) is 40.9 Å². The van der Waals surface area contributed by atoms with Crippen LogP contribution in [-0.2, 0) is 6.54 Å². The molecule has 2 aromatic rings. The van der Waals surface area contributed by atoms with Crippen LogP contribution in [-0.4, -0.2) is 4.98 Å². The lowest BCUT2D eigenvalue weighted by atomic mass is 10.2. The van der Waals surface area contributed by atoms with Crippen LogP contribution in [0.3, 0.4) is 0 Å². The maximum absolute atomic E-state index is 6.07. The molecule has 1 aromatic carbocycles. The van der Waals surface area contributed by atoms with Crippen LogP contribution in [0, 0.1) is 6.92 Å². The molecule has 0 radical (unpaired) electrons. The van der Waals surface area contributed by atoms with Gasteiger partial charge < -0.3 is 5.32 Å². The quantitative estimate of drug-likeness (QED) is 0.689. The summed E-state index contributed by atoms with van der Waals surface area (Å²) < 4.78 is 0.866. The summed E-state index contributed by atoms with van der Waals surface area (Å²) in [6.45, 7) is 2.55. The van der Waals surface area contributed by atoms with E-state index in [0.717, 1.165) is 21.3 Å². The predicted molar refractivity (Wildman–Crippen MR) is 85.5 cm³/mol. The summed E-state index contributed by atoms with van der Waals surface area (Å²) in [6.07, 6.45) is 0. The van der Waals surface area contributed by atoms with E-state index in [4.69, 9.17) is 34.8 Å². The third kappa shape index (κ3) is 3.76. The number of hydrogen-bond donors (Lipinski definition) is 1. The Kier molecular flexibility index (Phi) is 4.96. The second kappa shape index (κ2) is 6.31. The molecule has 1 heterocycles. The van der Waals surface area contributed by atoms with Gasteiger partial charge >= 0.3 is 0 Å². The number of pyridine rings is 1. The zero-order valence-electron chi connectivity index (χ0n) is 9.98. The monoisotopic (exact) mass is 378 g/mol. The Morgan fingerprint density at radius 3 is 2.58 bits per heavy atom. The van der Waals surface area contributed by atoms with Gasteiger partial charge in [-0.2, -0.15) is 0 Å². The van der Waals surface area contributed by atoms with Crippen molar-refractivity contribution in [1.29, 1.82) is 0 Å². The average molecular weight is 381 g/mol. The zero-order chi connectivity index (χ0) is 14.0. The van der Waals surface area contributed by atoms with Crippen molar-refractivity contribution in [3.63, 3.8) is 0 Å². The molecule has 1 N–H and O–H groups in total. The van der Waals surface area contributed by atoms with Crippen molar-refractivity contribution < 1.29 is 0 Å². The molecule has 0 unspecified atom stereocenters. The molecule has 6 heteroatoms. The van der Waals surface area contributed by atoms with Gasteiger partial charge in [0.25, 0.3) is 0 Å². The molecule has 2 nitrogen and oxygen atoms in total. The maximum Gasteiger partial charge on any atom is 0.154 e. The molecule has 100 valence electrons. The van der Waals surface area contributed by atoms with Crippen LogP contribution in [0.2, 0.25) is 15.3 Å². The highest BCUT2D eigenvalue weighted by Gasteiger charge is 2.07. The first kappa shape index (κ1) is 14.9. The molecule has 2 rings (SSSR count). The number of aryl methyl sites for hydroxylation is 1. The normalized spacial score (nSPS) is 10.6. The minimum Gasteiger partial charge on any atom is -0.378 e. The number of anilines is 1. The summed E-state index contributed by atoms with van der Waals surface area (Å²) in [5, 5.41) is 4.70. The smallest absolute Gasteiger partial charge is 0.154 e. The highest BCUT2D eigenvalue weighted by atomic mass is 79.9. The van der Waals surface area contributed by atoms with Crippen molar-refractivity contribution in [1.82, 2.24) is 4.98 Å². The molecule has 1 aromatic heterocycles. The number of hydrogen-bond acceptors (Lipinski definition) is 2. The Bertz CT molecular complexity index is 594. The highest BCUT2D eigenvalue weighted by Crippen LogP contribution is 2.28. The largest absolute Gasteiger partial charge is 0.378 e. The van der Waals surface area contributed by atoms with Gasteiger partial charge in [-0.05, 0) is 52.2 Å². The van der Waals surface area contributed by atoms with Gasteiger partial charge in [-0.15, -0.1) is 0 Å². The summed E-state index contributed by atoms with van der Waals surface area (Å²) in [5.41, 5.74) is 2.83. The first-order valence-electron chi connectivity index (χ1n) is 5.48. The van der Waals surface area contributed by atoms with Gasteiger partial charge in [0.05, 0.1) is 10.7 Å². The van der Waals surface area contributed by atoms with Crippen molar-refractivity contribution in [2.75, 3.05) is 5.32 Å². The molecule has 0 saturated heterocycles. The Morgan fingerprint density at radius 2 is 1.95 bits per heavy atom. The highest BCUT2D eigenvalue weighted by molar-refractivity contribution is 9.10. The van der Waals surface area contributed by atoms with Crippen LogP contribution in [0.25, 0.3) is 0 Å². The Morgan fingerprint density at radius 1 is 1.21 bits per heavy atom. The number of benzene rings is 1. The van der Waals surface area contributed by atoms with E-state index in [0.29, 0.717) is 21.9 Å². The van der Waals surface area contributed by atoms with E-state index in [1.54, 1.807) is 6.07 Å². The number of aromatic nitrogens is 1. The van der Waals surface area contributed by atoms with Gasteiger partial charge in [0.15, 0.2) is 5.15 Å². The third-order valence-corrected chi connectivity index (χ3v) is 4.28. The number of nitrogens with zero attached hydrogens (tertiary/aromatic N) is 1. The maximum atomic E-state index is 6.07. The molecule has 0 saturated carbocycles. The van der Waals surface area contributed by atoms with Gasteiger partial charge in [0, 0.05) is 11.0 Å². The second-order valence-electron chi connectivity index (χ2n) is 4.03. The molecule has 0 fully saturated rings. The second-order valence-corrected chi connectivity index (χ2v) is 6.04. The molecule has 0 aliphatic carbocycles. The van der Waals surface area contributed by atoms with E-state index >= 15 is 0 Å². The molecule has 0 aliphatic heterocycles. The molecule has 0 bridgehead atoms. The average Bonchev–Trinajstić information content (AvgIpc) is 2.32. The van der Waals surface area contributed by atoms with E-state index in [9.17, 15) is 0 Å². The van der Waals surface area contributed by atoms with Gasteiger partial charge in [-0.25, -0.2) is 4.98 Å². The van der Waals surface area contributed by atoms with Crippen molar-refractivity contribution in [2.24, 2.45) is 0 Å². The Balaban J connectivity index is 2.16. The van der Waals surface area contributed by atoms with Crippen molar-refractivity contribution in [2.45, 2.75) is 13.5 Å². The summed E-state index contributed by atoms with van der Waals surface area (Å²) in [5.74, 6) is 0. The molecule has 0 amide bonds. The fourth-order valence-corrected chi connectivity index (χ4v) is 2.79. The lowest BCUT2D eigenvalue weighted by Crippen LogP contribution is -2.03. The molecule has 19 heavy (non-hydrogen) atoms. The van der Waals surface area contributed by atoms with Crippen molar-refractivity contribution in [3.8, 4) is 0 Å². The van der Waals surface area contributed by atoms with Crippen LogP contribution in [0.1, 0.15) is 11.1 Å². The molecular formula is C13H10BrCl3N2. The molecule has 0 aliphatic rings. The minimum atomic E-state index is 0.373. The molecule has 0 atom stereocenters. The molecule has 0 spiro atoms. The van der Waals surface area contributed by atoms with Crippen LogP contribution in [0.15, 0.2) is 28.7 Å². The fraction of sp³-hybridized carbons (Fsp3) is 0.154. The summed E-state index contributed by atoms with van der Waals surface area (Å²) in [6, 6.07) is 7.53. The van der Waals surface area contributed by atoms with E-state index < -0.39 is 0 Å². The third-order valence-electron chi connectivity index (χ3n) is 2.59. The van der Waals surface area contributed by atoms with Gasteiger partial charge in [-0.3, -0.25) is 0 Å². The van der Waals surface area contributed by atoms with E-state index in [1.807, 2.05) is 25.1 Å². The van der Waals surface area contributed by atoms with Crippen LogP contribution in [0.5, 0.6) is 0 Å². The Hall–Kier alpha value is -0.480. The van der Waals surface area contributed by atoms with Crippen LogP contribution >= 0.6 is 50.7 Å². The molecular weight excluding hydrogens is 370 g/mol. The van der Waals surface area contributed by atoms with Crippen LogP contribution < -0.4 is 5.32 Å². The van der Waals surface area contributed by atoms with E-state index in [2.05, 4.69) is 26.2 Å². The summed E-state index contributed by atoms with van der Waals surface area (Å²) in [7, 11) is 0. The topological polar surface area (TPSA) is 24.9 Å². The first-order valence-corrected chi connectivity index (χ1v) is 7.40. The number of rotatable bonds is 3. The summed E-state index contributed by atoms with van der Waals surface area (Å²) >= 11 is 21.3. The first-order chi connectivity index (χ1) is 8.97. The lowest BCUT2D eigenvalue weighted by molar-refractivity contribution is 1.12. The minimum absolute atomic E-state index is 0.373. The SMILES string of the molecule is Cc1cc(Cl)nc(Cl)c1NCc1ccc(Cl)c(Br)c1. The Labute approximate surface area is 135 Å². The zero-order valence-corrected chi connectivity index (χ0v) is 13.8. The fourth-order valence-electron chi connectivity index (χ4n) is 1.65. The van der Waals surface area contributed by atoms with E-state index in [-0.39, 0.29) is 0 Å². The van der Waals surface area contributed by atoms with Crippen LogP contribution in [0.4, 0.5) is 5.69 Å². The van der Waals surface area contributed by atoms with Gasteiger partial charge in [0.1, 0.15) is 5.15 Å². The van der Waals surface area contributed by atoms with Crippen molar-refractivity contribution >= 4 is 56.4 Å². The summed E-state index contributed by atoms with van der Waals surface area (Å²) in [4.78, 5) is 4.02.